The van der Waals surface area contributed by atoms with Crippen molar-refractivity contribution in [2.75, 3.05) is 13.1 Å². The molecule has 110 valence electrons. The number of carboxylic acid groups (broad SMARTS) is 2. The molecular formula is C11H20N2O6. The van der Waals surface area contributed by atoms with Crippen molar-refractivity contribution in [3.63, 3.8) is 0 Å². The van der Waals surface area contributed by atoms with Gasteiger partial charge in [0.1, 0.15) is 6.04 Å². The third-order valence-corrected chi connectivity index (χ3v) is 2.22. The van der Waals surface area contributed by atoms with E-state index in [1.807, 2.05) is 0 Å². The van der Waals surface area contributed by atoms with Crippen molar-refractivity contribution in [1.82, 2.24) is 10.2 Å². The number of nitrogens with one attached hydrogen (secondary N) is 1. The van der Waals surface area contributed by atoms with Crippen LogP contribution in [0.1, 0.15) is 27.2 Å². The summed E-state index contributed by atoms with van der Waals surface area (Å²) >= 11 is 0. The Hall–Kier alpha value is -1.83. The average molecular weight is 276 g/mol. The number of carboxylic acids is 2. The first kappa shape index (κ1) is 17.2. The molecule has 0 aliphatic carbocycles. The summed E-state index contributed by atoms with van der Waals surface area (Å²) in [5, 5.41) is 29.1. The average Bonchev–Trinajstić information content (AvgIpc) is 2.22. The molecule has 2 amide bonds. The Morgan fingerprint density at radius 2 is 1.79 bits per heavy atom. The highest BCUT2D eigenvalue weighted by Crippen LogP contribution is 2.05. The molecule has 0 radical (unpaired) electrons. The second kappa shape index (κ2) is 6.93. The number of aliphatic hydroxyl groups is 1. The van der Waals surface area contributed by atoms with E-state index in [9.17, 15) is 19.5 Å². The molecule has 0 aliphatic rings. The fourth-order valence-electron chi connectivity index (χ4n) is 1.41. The van der Waals surface area contributed by atoms with Crippen LogP contribution in [0.25, 0.3) is 0 Å². The number of likely N-dealkylation sites (N-methyl/N-ethyl adjacent to an activating group) is 1. The Balaban J connectivity index is 4.68. The highest BCUT2D eigenvalue weighted by molar-refractivity contribution is 5.86. The van der Waals surface area contributed by atoms with Crippen molar-refractivity contribution in [2.45, 2.75) is 38.8 Å². The minimum absolute atomic E-state index is 0.00867. The Kier molecular flexibility index (Phi) is 6.26. The van der Waals surface area contributed by atoms with Gasteiger partial charge in [0, 0.05) is 6.54 Å². The lowest BCUT2D eigenvalue weighted by Crippen LogP contribution is -2.51. The van der Waals surface area contributed by atoms with E-state index in [4.69, 9.17) is 10.2 Å². The first-order valence-electron chi connectivity index (χ1n) is 5.79. The zero-order valence-electron chi connectivity index (χ0n) is 11.2. The van der Waals surface area contributed by atoms with Crippen molar-refractivity contribution in [3.8, 4) is 0 Å². The normalized spacial score (nSPS) is 12.6. The van der Waals surface area contributed by atoms with Crippen molar-refractivity contribution in [3.05, 3.63) is 0 Å². The Labute approximate surface area is 111 Å². The highest BCUT2D eigenvalue weighted by atomic mass is 16.4. The largest absolute Gasteiger partial charge is 0.481 e. The molecule has 0 unspecified atom stereocenters. The standard InChI is InChI=1S/C11H20N2O6/c1-4-13(6-11(2,3)19)10(18)12-7(9(16)17)5-8(14)15/h7,19H,4-6H2,1-3H3,(H,12,18)(H,14,15)(H,16,17)/t7-/m1/s1. The summed E-state index contributed by atoms with van der Waals surface area (Å²) in [6.07, 6.45) is -0.707. The first-order chi connectivity index (χ1) is 8.56. The van der Waals surface area contributed by atoms with Gasteiger partial charge in [0.2, 0.25) is 0 Å². The number of carbonyl (C=O) groups excluding carboxylic acids is 1. The van der Waals surface area contributed by atoms with Gasteiger partial charge in [-0.25, -0.2) is 9.59 Å². The summed E-state index contributed by atoms with van der Waals surface area (Å²) in [7, 11) is 0. The molecule has 0 aliphatic heterocycles. The summed E-state index contributed by atoms with van der Waals surface area (Å²) in [6.45, 7) is 4.95. The van der Waals surface area contributed by atoms with Gasteiger partial charge in [0.05, 0.1) is 18.6 Å². The SMILES string of the molecule is CCN(CC(C)(C)O)C(=O)N[C@H](CC(=O)O)C(=O)O. The molecule has 0 aromatic heterocycles. The summed E-state index contributed by atoms with van der Waals surface area (Å²) in [5.74, 6) is -2.74. The van der Waals surface area contributed by atoms with Gasteiger partial charge in [0.25, 0.3) is 0 Å². The van der Waals surface area contributed by atoms with E-state index in [2.05, 4.69) is 5.32 Å². The molecule has 8 nitrogen and oxygen atoms in total. The summed E-state index contributed by atoms with van der Waals surface area (Å²) < 4.78 is 0. The summed E-state index contributed by atoms with van der Waals surface area (Å²) in [4.78, 5) is 34.3. The molecule has 0 spiro atoms. The molecule has 0 aromatic carbocycles. The highest BCUT2D eigenvalue weighted by Gasteiger charge is 2.27. The van der Waals surface area contributed by atoms with Gasteiger partial charge in [0.15, 0.2) is 0 Å². The number of rotatable bonds is 7. The quantitative estimate of drug-likeness (QED) is 0.506. The zero-order valence-corrected chi connectivity index (χ0v) is 11.2. The Morgan fingerprint density at radius 1 is 1.26 bits per heavy atom. The molecule has 1 atom stereocenters. The molecule has 8 heteroatoms. The van der Waals surface area contributed by atoms with Gasteiger partial charge in [-0.05, 0) is 20.8 Å². The molecule has 0 saturated carbocycles. The van der Waals surface area contributed by atoms with E-state index in [1.54, 1.807) is 6.92 Å². The molecule has 0 bridgehead atoms. The van der Waals surface area contributed by atoms with E-state index in [0.29, 0.717) is 0 Å². The van der Waals surface area contributed by atoms with Gasteiger partial charge in [-0.2, -0.15) is 0 Å². The van der Waals surface area contributed by atoms with E-state index < -0.39 is 36.0 Å². The van der Waals surface area contributed by atoms with Crippen LogP contribution >= 0.6 is 0 Å². The molecule has 4 N–H and O–H groups in total. The monoisotopic (exact) mass is 276 g/mol. The smallest absolute Gasteiger partial charge is 0.326 e. The Bertz CT molecular complexity index is 350. The second-order valence-electron chi connectivity index (χ2n) is 4.76. The predicted octanol–water partition coefficient (Wildman–Crippen LogP) is -0.283. The van der Waals surface area contributed by atoms with Gasteiger partial charge in [-0.3, -0.25) is 4.79 Å². The molecular weight excluding hydrogens is 256 g/mol. The molecule has 19 heavy (non-hydrogen) atoms. The van der Waals surface area contributed by atoms with E-state index in [-0.39, 0.29) is 13.1 Å². The fraction of sp³-hybridized carbons (Fsp3) is 0.727. The van der Waals surface area contributed by atoms with Crippen LogP contribution in [0, 0.1) is 0 Å². The van der Waals surface area contributed by atoms with Crippen LogP contribution in [-0.2, 0) is 9.59 Å². The van der Waals surface area contributed by atoms with Crippen LogP contribution in [0.2, 0.25) is 0 Å². The maximum absolute atomic E-state index is 11.8. The minimum Gasteiger partial charge on any atom is -0.481 e. The first-order valence-corrected chi connectivity index (χ1v) is 5.79. The molecule has 0 fully saturated rings. The van der Waals surface area contributed by atoms with Crippen LogP contribution < -0.4 is 5.32 Å². The van der Waals surface area contributed by atoms with Crippen LogP contribution in [0.5, 0.6) is 0 Å². The van der Waals surface area contributed by atoms with E-state index in [1.165, 1.54) is 18.7 Å². The minimum atomic E-state index is -1.50. The lowest BCUT2D eigenvalue weighted by Gasteiger charge is -2.29. The second-order valence-corrected chi connectivity index (χ2v) is 4.76. The van der Waals surface area contributed by atoms with Crippen LogP contribution in [0.15, 0.2) is 0 Å². The number of urea groups is 1. The summed E-state index contributed by atoms with van der Waals surface area (Å²) in [6, 6.07) is -2.22. The summed E-state index contributed by atoms with van der Waals surface area (Å²) in [5.41, 5.74) is -1.13. The van der Waals surface area contributed by atoms with Gasteiger partial charge < -0.3 is 25.5 Å². The third kappa shape index (κ3) is 7.24. The zero-order chi connectivity index (χ0) is 15.2. The maximum Gasteiger partial charge on any atom is 0.326 e. The molecule has 0 aromatic rings. The van der Waals surface area contributed by atoms with Crippen molar-refractivity contribution in [1.29, 1.82) is 0 Å². The lowest BCUT2D eigenvalue weighted by molar-refractivity contribution is -0.145. The van der Waals surface area contributed by atoms with Gasteiger partial charge in [-0.1, -0.05) is 0 Å². The van der Waals surface area contributed by atoms with Crippen molar-refractivity contribution < 1.29 is 29.7 Å². The van der Waals surface area contributed by atoms with Gasteiger partial charge >= 0.3 is 18.0 Å². The third-order valence-electron chi connectivity index (χ3n) is 2.22. The van der Waals surface area contributed by atoms with E-state index in [0.717, 1.165) is 0 Å². The number of nitrogens with zero attached hydrogens (tertiary/aromatic N) is 1. The molecule has 0 saturated heterocycles. The maximum atomic E-state index is 11.8. The lowest BCUT2D eigenvalue weighted by atomic mass is 10.1. The van der Waals surface area contributed by atoms with Crippen molar-refractivity contribution in [2.24, 2.45) is 0 Å². The number of aliphatic carboxylic acids is 2. The van der Waals surface area contributed by atoms with Crippen LogP contribution in [-0.4, -0.2) is 62.9 Å². The van der Waals surface area contributed by atoms with Crippen LogP contribution in [0.4, 0.5) is 4.79 Å². The number of amides is 2. The van der Waals surface area contributed by atoms with Crippen molar-refractivity contribution >= 4 is 18.0 Å². The number of hydrogen-bond donors (Lipinski definition) is 4. The molecule has 0 rings (SSSR count). The number of hydrogen-bond acceptors (Lipinski definition) is 4. The van der Waals surface area contributed by atoms with Crippen LogP contribution in [0.3, 0.4) is 0 Å². The predicted molar refractivity (Wildman–Crippen MR) is 65.8 cm³/mol. The van der Waals surface area contributed by atoms with Gasteiger partial charge in [-0.15, -0.1) is 0 Å². The fourth-order valence-corrected chi connectivity index (χ4v) is 1.41. The topological polar surface area (TPSA) is 127 Å². The number of carbonyl (C=O) groups is 3. The van der Waals surface area contributed by atoms with E-state index >= 15 is 0 Å². The Morgan fingerprint density at radius 3 is 2.11 bits per heavy atom. The molecule has 0 heterocycles.